The summed E-state index contributed by atoms with van der Waals surface area (Å²) in [7, 11) is 0. The quantitative estimate of drug-likeness (QED) is 0.489. The molecule has 0 fully saturated rings. The molecule has 5 nitrogen and oxygen atoms in total. The standard InChI is InChI=1S/C7H10N2O3/c1-4(10)7(12)9-5-2-3-6(11)8-5/h2,4,10H,3H2,1H3,(H,8,11)(H,9,12)/t4-/m1/s1. The van der Waals surface area contributed by atoms with Crippen molar-refractivity contribution in [2.45, 2.75) is 19.4 Å². The van der Waals surface area contributed by atoms with Crippen LogP contribution < -0.4 is 10.6 Å². The minimum absolute atomic E-state index is 0.157. The molecule has 0 saturated heterocycles. The maximum Gasteiger partial charge on any atom is 0.254 e. The summed E-state index contributed by atoms with van der Waals surface area (Å²) in [6, 6.07) is 0. The first-order valence-corrected chi connectivity index (χ1v) is 3.58. The highest BCUT2D eigenvalue weighted by Gasteiger charge is 2.15. The first-order chi connectivity index (χ1) is 5.59. The van der Waals surface area contributed by atoms with E-state index in [2.05, 4.69) is 10.6 Å². The van der Waals surface area contributed by atoms with Gasteiger partial charge in [-0.15, -0.1) is 0 Å². The Morgan fingerprint density at radius 2 is 2.50 bits per heavy atom. The maximum atomic E-state index is 10.9. The molecule has 1 atom stereocenters. The van der Waals surface area contributed by atoms with E-state index in [0.717, 1.165) is 0 Å². The zero-order valence-corrected chi connectivity index (χ0v) is 6.63. The zero-order valence-electron chi connectivity index (χ0n) is 6.63. The van der Waals surface area contributed by atoms with Crippen molar-refractivity contribution in [3.05, 3.63) is 11.9 Å². The topological polar surface area (TPSA) is 78.4 Å². The first-order valence-electron chi connectivity index (χ1n) is 3.58. The fourth-order valence-electron chi connectivity index (χ4n) is 0.766. The summed E-state index contributed by atoms with van der Waals surface area (Å²) in [5.74, 6) is -0.328. The molecule has 2 amide bonds. The van der Waals surface area contributed by atoms with Crippen molar-refractivity contribution in [3.63, 3.8) is 0 Å². The zero-order chi connectivity index (χ0) is 9.14. The highest BCUT2D eigenvalue weighted by atomic mass is 16.3. The largest absolute Gasteiger partial charge is 0.384 e. The molecule has 5 heteroatoms. The molecule has 0 saturated carbocycles. The van der Waals surface area contributed by atoms with Crippen molar-refractivity contribution in [1.29, 1.82) is 0 Å². The van der Waals surface area contributed by atoms with Crippen LogP contribution in [0.3, 0.4) is 0 Å². The molecule has 1 rings (SSSR count). The minimum atomic E-state index is -1.07. The van der Waals surface area contributed by atoms with Gasteiger partial charge in [-0.1, -0.05) is 0 Å². The SMILES string of the molecule is C[C@@H](O)C(=O)NC1=CCC(=O)N1. The smallest absolute Gasteiger partial charge is 0.254 e. The van der Waals surface area contributed by atoms with Crippen molar-refractivity contribution in [3.8, 4) is 0 Å². The summed E-state index contributed by atoms with van der Waals surface area (Å²) < 4.78 is 0. The fourth-order valence-corrected chi connectivity index (χ4v) is 0.766. The molecule has 0 aromatic rings. The van der Waals surface area contributed by atoms with E-state index in [0.29, 0.717) is 5.82 Å². The lowest BCUT2D eigenvalue weighted by atomic mass is 10.4. The predicted octanol–water partition coefficient (Wildman–Crippen LogP) is -1.16. The second-order valence-electron chi connectivity index (χ2n) is 2.54. The monoisotopic (exact) mass is 170 g/mol. The van der Waals surface area contributed by atoms with Gasteiger partial charge in [0.25, 0.3) is 5.91 Å². The number of nitrogens with one attached hydrogen (secondary N) is 2. The third-order valence-corrected chi connectivity index (χ3v) is 1.40. The Kier molecular flexibility index (Phi) is 2.44. The van der Waals surface area contributed by atoms with E-state index < -0.39 is 12.0 Å². The van der Waals surface area contributed by atoms with Crippen LogP contribution >= 0.6 is 0 Å². The van der Waals surface area contributed by atoms with Crippen LogP contribution in [0.25, 0.3) is 0 Å². The van der Waals surface area contributed by atoms with E-state index in [9.17, 15) is 9.59 Å². The Morgan fingerprint density at radius 3 is 2.92 bits per heavy atom. The molecule has 12 heavy (non-hydrogen) atoms. The number of hydrogen-bond donors (Lipinski definition) is 3. The van der Waals surface area contributed by atoms with Gasteiger partial charge in [-0.25, -0.2) is 0 Å². The van der Waals surface area contributed by atoms with Crippen LogP contribution in [0.5, 0.6) is 0 Å². The lowest BCUT2D eigenvalue weighted by Gasteiger charge is -2.07. The van der Waals surface area contributed by atoms with Gasteiger partial charge in [0.1, 0.15) is 11.9 Å². The van der Waals surface area contributed by atoms with Crippen molar-refractivity contribution in [2.75, 3.05) is 0 Å². The average molecular weight is 170 g/mol. The Morgan fingerprint density at radius 1 is 1.83 bits per heavy atom. The summed E-state index contributed by atoms with van der Waals surface area (Å²) in [6.45, 7) is 1.35. The van der Waals surface area contributed by atoms with Crippen molar-refractivity contribution in [1.82, 2.24) is 10.6 Å². The summed E-state index contributed by atoms with van der Waals surface area (Å²) in [5, 5.41) is 13.6. The van der Waals surface area contributed by atoms with Gasteiger partial charge in [-0.2, -0.15) is 0 Å². The van der Waals surface area contributed by atoms with E-state index in [4.69, 9.17) is 5.11 Å². The maximum absolute atomic E-state index is 10.9. The lowest BCUT2D eigenvalue weighted by molar-refractivity contribution is -0.127. The number of rotatable bonds is 2. The Hall–Kier alpha value is -1.36. The van der Waals surface area contributed by atoms with Gasteiger partial charge in [0.15, 0.2) is 0 Å². The van der Waals surface area contributed by atoms with E-state index >= 15 is 0 Å². The molecule has 0 spiro atoms. The molecular weight excluding hydrogens is 160 g/mol. The second-order valence-corrected chi connectivity index (χ2v) is 2.54. The predicted molar refractivity (Wildman–Crippen MR) is 40.7 cm³/mol. The van der Waals surface area contributed by atoms with Crippen LogP contribution in [0.15, 0.2) is 11.9 Å². The number of carbonyl (C=O) groups is 2. The van der Waals surface area contributed by atoms with Gasteiger partial charge < -0.3 is 15.7 Å². The van der Waals surface area contributed by atoms with Gasteiger partial charge in [-0.3, -0.25) is 9.59 Å². The van der Waals surface area contributed by atoms with Gasteiger partial charge in [0.05, 0.1) is 0 Å². The Bertz CT molecular complexity index is 245. The van der Waals surface area contributed by atoms with Gasteiger partial charge in [-0.05, 0) is 13.0 Å². The van der Waals surface area contributed by atoms with E-state index in [1.807, 2.05) is 0 Å². The highest BCUT2D eigenvalue weighted by Crippen LogP contribution is 1.98. The molecule has 0 bridgehead atoms. The fraction of sp³-hybridized carbons (Fsp3) is 0.429. The summed E-state index contributed by atoms with van der Waals surface area (Å²) >= 11 is 0. The van der Waals surface area contributed by atoms with Crippen molar-refractivity contribution in [2.24, 2.45) is 0 Å². The van der Waals surface area contributed by atoms with Crippen molar-refractivity contribution >= 4 is 11.8 Å². The van der Waals surface area contributed by atoms with Crippen LogP contribution in [0, 0.1) is 0 Å². The molecule has 0 aromatic carbocycles. The summed E-state index contributed by atoms with van der Waals surface area (Å²) in [5.41, 5.74) is 0. The number of amides is 2. The molecule has 1 aliphatic heterocycles. The number of carbonyl (C=O) groups excluding carboxylic acids is 2. The van der Waals surface area contributed by atoms with Crippen LogP contribution in [-0.2, 0) is 9.59 Å². The number of hydrogen-bond acceptors (Lipinski definition) is 3. The van der Waals surface area contributed by atoms with Crippen LogP contribution in [0.4, 0.5) is 0 Å². The third-order valence-electron chi connectivity index (χ3n) is 1.40. The van der Waals surface area contributed by atoms with E-state index in [-0.39, 0.29) is 12.3 Å². The van der Waals surface area contributed by atoms with Crippen LogP contribution in [-0.4, -0.2) is 23.0 Å². The lowest BCUT2D eigenvalue weighted by Crippen LogP contribution is -2.36. The normalized spacial score (nSPS) is 18.2. The Balaban J connectivity index is 2.43. The first kappa shape index (κ1) is 8.73. The van der Waals surface area contributed by atoms with Gasteiger partial charge in [0, 0.05) is 6.42 Å². The van der Waals surface area contributed by atoms with E-state index in [1.54, 1.807) is 6.08 Å². The number of aliphatic hydroxyl groups excluding tert-OH is 1. The molecule has 0 unspecified atom stereocenters. The van der Waals surface area contributed by atoms with E-state index in [1.165, 1.54) is 6.92 Å². The third kappa shape index (κ3) is 2.06. The summed E-state index contributed by atoms with van der Waals surface area (Å²) in [4.78, 5) is 21.5. The molecule has 0 aliphatic carbocycles. The molecule has 1 heterocycles. The molecule has 0 radical (unpaired) electrons. The molecule has 66 valence electrons. The second kappa shape index (κ2) is 3.36. The van der Waals surface area contributed by atoms with Crippen LogP contribution in [0.2, 0.25) is 0 Å². The molecule has 1 aliphatic rings. The molecular formula is C7H10N2O3. The minimum Gasteiger partial charge on any atom is -0.384 e. The average Bonchev–Trinajstić information content (AvgIpc) is 2.35. The molecule has 3 N–H and O–H groups in total. The van der Waals surface area contributed by atoms with Crippen LogP contribution in [0.1, 0.15) is 13.3 Å². The Labute approximate surface area is 69.5 Å². The summed E-state index contributed by atoms with van der Waals surface area (Å²) in [6.07, 6.45) is 0.765. The number of aliphatic hydroxyl groups is 1. The van der Waals surface area contributed by atoms with Gasteiger partial charge in [0.2, 0.25) is 5.91 Å². The van der Waals surface area contributed by atoms with Crippen molar-refractivity contribution < 1.29 is 14.7 Å². The van der Waals surface area contributed by atoms with Gasteiger partial charge >= 0.3 is 0 Å². The highest BCUT2D eigenvalue weighted by molar-refractivity contribution is 5.86. The molecule has 0 aromatic heterocycles.